The van der Waals surface area contributed by atoms with Gasteiger partial charge >= 0.3 is 6.18 Å². The summed E-state index contributed by atoms with van der Waals surface area (Å²) in [4.78, 5) is 12.7. The van der Waals surface area contributed by atoms with Crippen molar-refractivity contribution in [1.29, 1.82) is 5.26 Å². The van der Waals surface area contributed by atoms with Crippen molar-refractivity contribution in [3.63, 3.8) is 0 Å². The summed E-state index contributed by atoms with van der Waals surface area (Å²) >= 11 is 0. The molecule has 0 bridgehead atoms. The summed E-state index contributed by atoms with van der Waals surface area (Å²) in [6.07, 6.45) is -3.29. The van der Waals surface area contributed by atoms with Crippen LogP contribution in [0.4, 0.5) is 18.9 Å². The fourth-order valence-corrected chi connectivity index (χ4v) is 3.05. The van der Waals surface area contributed by atoms with Crippen LogP contribution < -0.4 is 10.1 Å². The molecule has 7 heteroatoms. The van der Waals surface area contributed by atoms with Gasteiger partial charge in [-0.25, -0.2) is 0 Å². The minimum Gasteiger partial charge on any atom is -0.490 e. The smallest absolute Gasteiger partial charge is 0.416 e. The maximum absolute atomic E-state index is 12.9. The first-order valence-corrected chi connectivity index (χ1v) is 9.48. The summed E-state index contributed by atoms with van der Waals surface area (Å²) in [5.74, 6) is -0.321. The van der Waals surface area contributed by atoms with Gasteiger partial charge in [-0.1, -0.05) is 36.4 Å². The Morgan fingerprint density at radius 2 is 1.84 bits per heavy atom. The van der Waals surface area contributed by atoms with Gasteiger partial charge in [0.05, 0.1) is 11.7 Å². The van der Waals surface area contributed by atoms with E-state index in [1.807, 2.05) is 50.2 Å². The zero-order valence-electron chi connectivity index (χ0n) is 16.8. The minimum atomic E-state index is -4.54. The molecule has 3 rings (SSSR count). The largest absolute Gasteiger partial charge is 0.490 e. The molecule has 4 nitrogen and oxygen atoms in total. The Hall–Kier alpha value is -3.79. The number of rotatable bonds is 5. The summed E-state index contributed by atoms with van der Waals surface area (Å²) in [7, 11) is 0. The van der Waals surface area contributed by atoms with Crippen molar-refractivity contribution in [2.75, 3.05) is 5.32 Å². The Labute approximate surface area is 177 Å². The average Bonchev–Trinajstić information content (AvgIpc) is 2.72. The molecule has 0 aromatic heterocycles. The van der Waals surface area contributed by atoms with Gasteiger partial charge in [0.1, 0.15) is 17.4 Å². The lowest BCUT2D eigenvalue weighted by Gasteiger charge is -2.15. The molecule has 3 aromatic carbocycles. The van der Waals surface area contributed by atoms with Crippen LogP contribution in [0.15, 0.2) is 66.2 Å². The van der Waals surface area contributed by atoms with Crippen LogP contribution in [0.1, 0.15) is 25.0 Å². The topological polar surface area (TPSA) is 62.1 Å². The molecule has 0 heterocycles. The SMILES string of the molecule is CC(C)Oc1ccc2ccccc2c1/C=C(\C#N)C(=O)Nc1cccc(C(F)(F)F)c1. The lowest BCUT2D eigenvalue weighted by Crippen LogP contribution is -2.14. The highest BCUT2D eigenvalue weighted by molar-refractivity contribution is 6.11. The number of nitriles is 1. The number of hydrogen-bond donors (Lipinski definition) is 1. The van der Waals surface area contributed by atoms with E-state index < -0.39 is 17.6 Å². The molecule has 0 radical (unpaired) electrons. The number of carbonyl (C=O) groups excluding carboxylic acids is 1. The van der Waals surface area contributed by atoms with Crippen LogP contribution in [-0.2, 0) is 11.0 Å². The third kappa shape index (κ3) is 5.23. The molecule has 0 saturated heterocycles. The fraction of sp³-hybridized carbons (Fsp3) is 0.167. The van der Waals surface area contributed by atoms with E-state index in [0.717, 1.165) is 22.9 Å². The number of alkyl halides is 3. The Kier molecular flexibility index (Phi) is 6.30. The molecule has 0 saturated carbocycles. The molecular formula is C24H19F3N2O2. The van der Waals surface area contributed by atoms with Gasteiger partial charge in [-0.05, 0) is 55.0 Å². The third-order valence-electron chi connectivity index (χ3n) is 4.39. The number of carbonyl (C=O) groups is 1. The van der Waals surface area contributed by atoms with Crippen molar-refractivity contribution in [3.05, 3.63) is 77.4 Å². The fourth-order valence-electron chi connectivity index (χ4n) is 3.05. The molecule has 1 N–H and O–H groups in total. The van der Waals surface area contributed by atoms with Crippen molar-refractivity contribution in [1.82, 2.24) is 0 Å². The molecule has 0 fully saturated rings. The van der Waals surface area contributed by atoms with Gasteiger partial charge in [-0.15, -0.1) is 0 Å². The van der Waals surface area contributed by atoms with Gasteiger partial charge in [0.15, 0.2) is 0 Å². The van der Waals surface area contributed by atoms with Crippen LogP contribution in [-0.4, -0.2) is 12.0 Å². The van der Waals surface area contributed by atoms with Crippen molar-refractivity contribution in [2.45, 2.75) is 26.1 Å². The Balaban J connectivity index is 2.01. The molecule has 0 aliphatic heterocycles. The quantitative estimate of drug-likeness (QED) is 0.392. The standard InChI is InChI=1S/C24H19F3N2O2/c1-15(2)31-22-11-10-16-6-3-4-9-20(16)21(22)12-17(14-28)23(30)29-19-8-5-7-18(13-19)24(25,26)27/h3-13,15H,1-2H3,(H,29,30)/b17-12+. The van der Waals surface area contributed by atoms with E-state index in [-0.39, 0.29) is 17.4 Å². The highest BCUT2D eigenvalue weighted by atomic mass is 19.4. The van der Waals surface area contributed by atoms with Crippen LogP contribution in [0.25, 0.3) is 16.8 Å². The molecule has 158 valence electrons. The number of amides is 1. The molecule has 0 aliphatic carbocycles. The molecule has 0 unspecified atom stereocenters. The van der Waals surface area contributed by atoms with Crippen LogP contribution >= 0.6 is 0 Å². The van der Waals surface area contributed by atoms with Crippen molar-refractivity contribution >= 4 is 28.4 Å². The number of benzene rings is 3. The van der Waals surface area contributed by atoms with Crippen LogP contribution in [0.5, 0.6) is 5.75 Å². The number of ether oxygens (including phenoxy) is 1. The summed E-state index contributed by atoms with van der Waals surface area (Å²) in [5.41, 5.74) is -0.670. The van der Waals surface area contributed by atoms with E-state index >= 15 is 0 Å². The third-order valence-corrected chi connectivity index (χ3v) is 4.39. The minimum absolute atomic E-state index is 0.0578. The normalized spacial score (nSPS) is 12.0. The Morgan fingerprint density at radius 3 is 2.52 bits per heavy atom. The first-order valence-electron chi connectivity index (χ1n) is 9.48. The molecule has 3 aromatic rings. The highest BCUT2D eigenvalue weighted by Gasteiger charge is 2.30. The average molecular weight is 424 g/mol. The Morgan fingerprint density at radius 1 is 1.10 bits per heavy atom. The zero-order chi connectivity index (χ0) is 22.6. The number of nitrogens with zero attached hydrogens (tertiary/aromatic N) is 1. The van der Waals surface area contributed by atoms with Crippen LogP contribution in [0, 0.1) is 11.3 Å². The van der Waals surface area contributed by atoms with Gasteiger partial charge in [0, 0.05) is 11.3 Å². The lowest BCUT2D eigenvalue weighted by atomic mass is 10.0. The highest BCUT2D eigenvalue weighted by Crippen LogP contribution is 2.32. The van der Waals surface area contributed by atoms with Gasteiger partial charge in [0.2, 0.25) is 0 Å². The molecule has 1 amide bonds. The Bertz CT molecular complexity index is 1190. The number of fused-ring (bicyclic) bond motifs is 1. The monoisotopic (exact) mass is 424 g/mol. The summed E-state index contributed by atoms with van der Waals surface area (Å²) < 4.78 is 44.6. The number of hydrogen-bond acceptors (Lipinski definition) is 3. The predicted octanol–water partition coefficient (Wildman–Crippen LogP) is 6.19. The molecule has 0 spiro atoms. The van der Waals surface area contributed by atoms with E-state index in [4.69, 9.17) is 4.74 Å². The molecule has 31 heavy (non-hydrogen) atoms. The maximum atomic E-state index is 12.9. The first-order chi connectivity index (χ1) is 14.7. The van der Waals surface area contributed by atoms with E-state index in [1.54, 1.807) is 6.07 Å². The number of nitrogens with one attached hydrogen (secondary N) is 1. The zero-order valence-corrected chi connectivity index (χ0v) is 16.8. The van der Waals surface area contributed by atoms with Gasteiger partial charge in [-0.3, -0.25) is 4.79 Å². The van der Waals surface area contributed by atoms with Gasteiger partial charge in [-0.2, -0.15) is 18.4 Å². The number of halogens is 3. The summed E-state index contributed by atoms with van der Waals surface area (Å²) in [6.45, 7) is 3.71. The maximum Gasteiger partial charge on any atom is 0.416 e. The second kappa shape index (κ2) is 8.92. The van der Waals surface area contributed by atoms with E-state index in [2.05, 4.69) is 5.32 Å². The van der Waals surface area contributed by atoms with Crippen molar-refractivity contribution in [3.8, 4) is 11.8 Å². The van der Waals surface area contributed by atoms with Crippen molar-refractivity contribution in [2.24, 2.45) is 0 Å². The lowest BCUT2D eigenvalue weighted by molar-refractivity contribution is -0.137. The van der Waals surface area contributed by atoms with Crippen LogP contribution in [0.2, 0.25) is 0 Å². The molecular weight excluding hydrogens is 405 g/mol. The number of anilines is 1. The van der Waals surface area contributed by atoms with Crippen molar-refractivity contribution < 1.29 is 22.7 Å². The summed E-state index contributed by atoms with van der Waals surface area (Å²) in [6, 6.07) is 17.1. The summed E-state index contributed by atoms with van der Waals surface area (Å²) in [5, 5.41) is 13.6. The van der Waals surface area contributed by atoms with E-state index in [9.17, 15) is 23.2 Å². The van der Waals surface area contributed by atoms with Gasteiger partial charge in [0.25, 0.3) is 5.91 Å². The molecule has 0 atom stereocenters. The van der Waals surface area contributed by atoms with E-state index in [1.165, 1.54) is 18.2 Å². The molecule has 0 aliphatic rings. The second-order valence-corrected chi connectivity index (χ2v) is 7.07. The second-order valence-electron chi connectivity index (χ2n) is 7.07. The predicted molar refractivity (Wildman–Crippen MR) is 113 cm³/mol. The van der Waals surface area contributed by atoms with Gasteiger partial charge < -0.3 is 10.1 Å². The van der Waals surface area contributed by atoms with E-state index in [0.29, 0.717) is 11.3 Å². The van der Waals surface area contributed by atoms with Crippen LogP contribution in [0.3, 0.4) is 0 Å². The first kappa shape index (κ1) is 21.9.